The van der Waals surface area contributed by atoms with Gasteiger partial charge in [0, 0.05) is 50.4 Å². The molecule has 6 nitrogen and oxygen atoms in total. The highest BCUT2D eigenvalue weighted by Crippen LogP contribution is 2.20. The van der Waals surface area contributed by atoms with Crippen LogP contribution in [0.25, 0.3) is 0 Å². The highest BCUT2D eigenvalue weighted by atomic mass is 32.2. The van der Waals surface area contributed by atoms with Crippen molar-refractivity contribution in [2.75, 3.05) is 31.6 Å². The van der Waals surface area contributed by atoms with E-state index in [1.807, 2.05) is 4.90 Å². The lowest BCUT2D eigenvalue weighted by Crippen LogP contribution is -2.27. The standard InChI is InChI=1S/C12H19N3O3S/c1-19(17,18)5-4-15-8-10(12(16)9-15)6-11-7-13-2-3-14-11/h2-3,7,10,12,16H,4-6,8-9H2,1H3/t10-,12-/m1/s1. The van der Waals surface area contributed by atoms with Crippen molar-refractivity contribution in [2.45, 2.75) is 12.5 Å². The number of aliphatic hydroxyl groups is 1. The van der Waals surface area contributed by atoms with Gasteiger partial charge in [-0.2, -0.15) is 0 Å². The number of nitrogens with zero attached hydrogens (tertiary/aromatic N) is 3. The van der Waals surface area contributed by atoms with Crippen LogP contribution in [-0.2, 0) is 16.3 Å². The van der Waals surface area contributed by atoms with Gasteiger partial charge in [-0.3, -0.25) is 14.9 Å². The van der Waals surface area contributed by atoms with Gasteiger partial charge in [-0.15, -0.1) is 0 Å². The van der Waals surface area contributed by atoms with Crippen molar-refractivity contribution in [1.82, 2.24) is 14.9 Å². The first-order valence-corrected chi connectivity index (χ1v) is 8.33. The Labute approximate surface area is 113 Å². The minimum absolute atomic E-state index is 0.0938. The van der Waals surface area contributed by atoms with E-state index in [0.29, 0.717) is 26.1 Å². The first kappa shape index (κ1) is 14.4. The van der Waals surface area contributed by atoms with Crippen molar-refractivity contribution < 1.29 is 13.5 Å². The Balaban J connectivity index is 1.87. The molecule has 0 spiro atoms. The van der Waals surface area contributed by atoms with Gasteiger partial charge < -0.3 is 5.11 Å². The summed E-state index contributed by atoms with van der Waals surface area (Å²) in [5, 5.41) is 10.0. The molecule has 1 aromatic heterocycles. The van der Waals surface area contributed by atoms with Crippen LogP contribution in [0.4, 0.5) is 0 Å². The summed E-state index contributed by atoms with van der Waals surface area (Å²) in [7, 11) is -2.95. The van der Waals surface area contributed by atoms with Crippen LogP contribution in [-0.4, -0.2) is 66.1 Å². The van der Waals surface area contributed by atoms with Gasteiger partial charge in [-0.1, -0.05) is 0 Å². The Kier molecular flexibility index (Phi) is 4.49. The second kappa shape index (κ2) is 5.94. The van der Waals surface area contributed by atoms with Crippen molar-refractivity contribution in [2.24, 2.45) is 5.92 Å². The summed E-state index contributed by atoms with van der Waals surface area (Å²) in [6, 6.07) is 0. The maximum atomic E-state index is 11.1. The topological polar surface area (TPSA) is 83.4 Å². The van der Waals surface area contributed by atoms with E-state index in [4.69, 9.17) is 0 Å². The molecule has 2 heterocycles. The van der Waals surface area contributed by atoms with Crippen LogP contribution in [0.2, 0.25) is 0 Å². The fourth-order valence-electron chi connectivity index (χ4n) is 2.32. The zero-order chi connectivity index (χ0) is 13.9. The maximum absolute atomic E-state index is 11.1. The molecule has 1 fully saturated rings. The van der Waals surface area contributed by atoms with Crippen LogP contribution in [0, 0.1) is 5.92 Å². The number of hydrogen-bond donors (Lipinski definition) is 1. The van der Waals surface area contributed by atoms with E-state index in [9.17, 15) is 13.5 Å². The predicted octanol–water partition coefficient (Wildman–Crippen LogP) is -0.644. The van der Waals surface area contributed by atoms with E-state index in [0.717, 1.165) is 5.69 Å². The van der Waals surface area contributed by atoms with E-state index in [1.165, 1.54) is 6.26 Å². The van der Waals surface area contributed by atoms with Gasteiger partial charge >= 0.3 is 0 Å². The average Bonchev–Trinajstić information content (AvgIpc) is 2.68. The number of β-amino-alcohol motifs (C(OH)–C–C–N with tert-alkyl or cyclic N) is 1. The van der Waals surface area contributed by atoms with E-state index < -0.39 is 15.9 Å². The van der Waals surface area contributed by atoms with Crippen LogP contribution in [0.3, 0.4) is 0 Å². The third kappa shape index (κ3) is 4.52. The minimum Gasteiger partial charge on any atom is -0.391 e. The molecular weight excluding hydrogens is 266 g/mol. The van der Waals surface area contributed by atoms with Gasteiger partial charge in [-0.05, 0) is 6.42 Å². The number of likely N-dealkylation sites (tertiary alicyclic amines) is 1. The monoisotopic (exact) mass is 285 g/mol. The summed E-state index contributed by atoms with van der Waals surface area (Å²) in [6.07, 6.45) is 6.43. The maximum Gasteiger partial charge on any atom is 0.148 e. The Morgan fingerprint density at radius 2 is 2.21 bits per heavy atom. The Hall–Kier alpha value is -1.05. The first-order valence-electron chi connectivity index (χ1n) is 6.27. The quantitative estimate of drug-likeness (QED) is 0.774. The average molecular weight is 285 g/mol. The third-order valence-corrected chi connectivity index (χ3v) is 4.27. The molecule has 0 radical (unpaired) electrons. The van der Waals surface area contributed by atoms with E-state index in [1.54, 1.807) is 18.6 Å². The molecule has 0 aromatic carbocycles. The smallest absolute Gasteiger partial charge is 0.148 e. The Morgan fingerprint density at radius 1 is 1.42 bits per heavy atom. The number of hydrogen-bond acceptors (Lipinski definition) is 6. The van der Waals surface area contributed by atoms with Crippen LogP contribution in [0.15, 0.2) is 18.6 Å². The highest BCUT2D eigenvalue weighted by Gasteiger charge is 2.31. The van der Waals surface area contributed by atoms with Crippen molar-refractivity contribution in [3.63, 3.8) is 0 Å². The number of rotatable bonds is 5. The number of aliphatic hydroxyl groups excluding tert-OH is 1. The SMILES string of the molecule is CS(=O)(=O)CCN1C[C@@H](Cc2cnccn2)[C@H](O)C1. The zero-order valence-corrected chi connectivity index (χ0v) is 11.8. The van der Waals surface area contributed by atoms with Crippen molar-refractivity contribution >= 4 is 9.84 Å². The molecule has 1 saturated heterocycles. The normalized spacial score (nSPS) is 24.7. The lowest BCUT2D eigenvalue weighted by atomic mass is 10.0. The van der Waals surface area contributed by atoms with E-state index in [2.05, 4.69) is 9.97 Å². The van der Waals surface area contributed by atoms with Crippen molar-refractivity contribution in [1.29, 1.82) is 0 Å². The van der Waals surface area contributed by atoms with E-state index in [-0.39, 0.29) is 11.7 Å². The Morgan fingerprint density at radius 3 is 2.84 bits per heavy atom. The molecule has 1 N–H and O–H groups in total. The summed E-state index contributed by atoms with van der Waals surface area (Å²) < 4.78 is 22.3. The highest BCUT2D eigenvalue weighted by molar-refractivity contribution is 7.90. The largest absolute Gasteiger partial charge is 0.391 e. The molecule has 1 aromatic rings. The molecule has 0 amide bonds. The molecule has 0 unspecified atom stereocenters. The van der Waals surface area contributed by atoms with Gasteiger partial charge in [0.2, 0.25) is 0 Å². The fourth-order valence-corrected chi connectivity index (χ4v) is 2.91. The minimum atomic E-state index is -2.95. The van der Waals surface area contributed by atoms with Gasteiger partial charge in [0.05, 0.1) is 17.6 Å². The lowest BCUT2D eigenvalue weighted by Gasteiger charge is -2.14. The summed E-state index contributed by atoms with van der Waals surface area (Å²) in [5.74, 6) is 0.230. The predicted molar refractivity (Wildman–Crippen MR) is 71.4 cm³/mol. The van der Waals surface area contributed by atoms with Crippen LogP contribution < -0.4 is 0 Å². The second-order valence-electron chi connectivity index (χ2n) is 5.12. The third-order valence-electron chi connectivity index (χ3n) is 3.35. The van der Waals surface area contributed by atoms with Gasteiger partial charge in [-0.25, -0.2) is 8.42 Å². The lowest BCUT2D eigenvalue weighted by molar-refractivity contribution is 0.141. The molecule has 2 rings (SSSR count). The molecule has 0 saturated carbocycles. The summed E-state index contributed by atoms with van der Waals surface area (Å²) >= 11 is 0. The van der Waals surface area contributed by atoms with Gasteiger partial charge in [0.25, 0.3) is 0 Å². The molecule has 0 bridgehead atoms. The summed E-state index contributed by atoms with van der Waals surface area (Å²) in [5.41, 5.74) is 0.858. The molecule has 2 atom stereocenters. The molecule has 7 heteroatoms. The molecule has 19 heavy (non-hydrogen) atoms. The molecule has 0 aliphatic carbocycles. The van der Waals surface area contributed by atoms with Crippen molar-refractivity contribution in [3.8, 4) is 0 Å². The summed E-state index contributed by atoms with van der Waals surface area (Å²) in [6.45, 7) is 1.71. The van der Waals surface area contributed by atoms with E-state index >= 15 is 0 Å². The second-order valence-corrected chi connectivity index (χ2v) is 7.38. The number of aromatic nitrogens is 2. The Bertz CT molecular complexity index is 506. The fraction of sp³-hybridized carbons (Fsp3) is 0.667. The van der Waals surface area contributed by atoms with Gasteiger partial charge in [0.15, 0.2) is 0 Å². The molecular formula is C12H19N3O3S. The zero-order valence-electron chi connectivity index (χ0n) is 10.9. The molecule has 1 aliphatic rings. The van der Waals surface area contributed by atoms with Crippen molar-refractivity contribution in [3.05, 3.63) is 24.3 Å². The van der Waals surface area contributed by atoms with Crippen LogP contribution >= 0.6 is 0 Å². The first-order chi connectivity index (χ1) is 8.94. The molecule has 1 aliphatic heterocycles. The van der Waals surface area contributed by atoms with Gasteiger partial charge in [0.1, 0.15) is 9.84 Å². The number of sulfone groups is 1. The molecule has 106 valence electrons. The van der Waals surface area contributed by atoms with Crippen LogP contribution in [0.5, 0.6) is 0 Å². The van der Waals surface area contributed by atoms with Crippen LogP contribution in [0.1, 0.15) is 5.69 Å². The summed E-state index contributed by atoms with van der Waals surface area (Å²) in [4.78, 5) is 10.2.